The lowest BCUT2D eigenvalue weighted by molar-refractivity contribution is 0.405. The zero-order valence-electron chi connectivity index (χ0n) is 15.4. The molecule has 0 fully saturated rings. The fourth-order valence-corrected chi connectivity index (χ4v) is 3.03. The highest BCUT2D eigenvalue weighted by atomic mass is 32.1. The molecule has 0 amide bonds. The monoisotopic (exact) mass is 378 g/mol. The Morgan fingerprint density at radius 3 is 2.19 bits per heavy atom. The van der Waals surface area contributed by atoms with Gasteiger partial charge in [0.1, 0.15) is 11.5 Å². The average molecular weight is 378 g/mol. The molecule has 3 aromatic carbocycles. The Kier molecular flexibility index (Phi) is 6.28. The van der Waals surface area contributed by atoms with Crippen LogP contribution >= 0.6 is 12.2 Å². The van der Waals surface area contributed by atoms with Gasteiger partial charge in [-0.3, -0.25) is 0 Å². The molecule has 5 heteroatoms. The summed E-state index contributed by atoms with van der Waals surface area (Å²) in [6.07, 6.45) is 0. The number of anilines is 2. The summed E-state index contributed by atoms with van der Waals surface area (Å²) >= 11 is 5.74. The second kappa shape index (κ2) is 9.05. The molecule has 3 rings (SSSR count). The molecule has 0 aliphatic carbocycles. The molecule has 0 saturated carbocycles. The first kappa shape index (κ1) is 18.7. The van der Waals surface area contributed by atoms with E-state index in [1.165, 1.54) is 5.56 Å². The predicted octanol–water partition coefficient (Wildman–Crippen LogP) is 5.11. The van der Waals surface area contributed by atoms with Gasteiger partial charge in [0.2, 0.25) is 0 Å². The van der Waals surface area contributed by atoms with Crippen molar-refractivity contribution in [3.8, 4) is 11.5 Å². The molecule has 0 aliphatic rings. The average Bonchev–Trinajstić information content (AvgIpc) is 2.73. The van der Waals surface area contributed by atoms with Crippen LogP contribution in [0.15, 0.2) is 78.9 Å². The quantitative estimate of drug-likeness (QED) is 0.603. The van der Waals surface area contributed by atoms with Gasteiger partial charge in [-0.15, -0.1) is 0 Å². The molecule has 27 heavy (non-hydrogen) atoms. The maximum Gasteiger partial charge on any atom is 0.178 e. The molecule has 0 spiro atoms. The number of thiocarbonyl (C=S) groups is 1. The van der Waals surface area contributed by atoms with E-state index in [1.54, 1.807) is 14.2 Å². The number of hydrogen-bond donors (Lipinski definition) is 1. The van der Waals surface area contributed by atoms with E-state index >= 15 is 0 Å². The minimum absolute atomic E-state index is 0.580. The van der Waals surface area contributed by atoms with E-state index < -0.39 is 0 Å². The van der Waals surface area contributed by atoms with Crippen molar-refractivity contribution in [3.63, 3.8) is 0 Å². The minimum Gasteiger partial charge on any atom is -0.497 e. The third-order valence-electron chi connectivity index (χ3n) is 4.14. The Morgan fingerprint density at radius 1 is 0.889 bits per heavy atom. The Labute approximate surface area is 165 Å². The van der Waals surface area contributed by atoms with Gasteiger partial charge in [-0.1, -0.05) is 48.5 Å². The Morgan fingerprint density at radius 2 is 1.56 bits per heavy atom. The van der Waals surface area contributed by atoms with Gasteiger partial charge in [-0.2, -0.15) is 0 Å². The van der Waals surface area contributed by atoms with Gasteiger partial charge in [0, 0.05) is 11.8 Å². The lowest BCUT2D eigenvalue weighted by Gasteiger charge is -2.27. The molecule has 1 N–H and O–H groups in total. The molecular formula is C22H22N2O2S. The normalized spacial score (nSPS) is 10.1. The van der Waals surface area contributed by atoms with Crippen LogP contribution in [-0.2, 0) is 6.54 Å². The first-order valence-corrected chi connectivity index (χ1v) is 9.01. The molecule has 3 aromatic rings. The van der Waals surface area contributed by atoms with Crippen molar-refractivity contribution in [1.82, 2.24) is 0 Å². The van der Waals surface area contributed by atoms with Crippen molar-refractivity contribution in [2.75, 3.05) is 24.4 Å². The van der Waals surface area contributed by atoms with Crippen LogP contribution in [0, 0.1) is 0 Å². The molecule has 0 saturated heterocycles. The van der Waals surface area contributed by atoms with Crippen LogP contribution in [0.2, 0.25) is 0 Å². The number of methoxy groups -OCH3 is 2. The summed E-state index contributed by atoms with van der Waals surface area (Å²) in [5.41, 5.74) is 2.94. The van der Waals surface area contributed by atoms with Crippen molar-refractivity contribution >= 4 is 28.7 Å². The smallest absolute Gasteiger partial charge is 0.178 e. The van der Waals surface area contributed by atoms with E-state index in [0.29, 0.717) is 17.4 Å². The second-order valence-corrected chi connectivity index (χ2v) is 6.29. The van der Waals surface area contributed by atoms with E-state index in [0.717, 1.165) is 17.1 Å². The number of nitrogens with zero attached hydrogens (tertiary/aromatic N) is 1. The lowest BCUT2D eigenvalue weighted by Crippen LogP contribution is -2.34. The summed E-state index contributed by atoms with van der Waals surface area (Å²) in [6, 6.07) is 25.9. The van der Waals surface area contributed by atoms with Gasteiger partial charge in [-0.25, -0.2) is 0 Å². The Bertz CT molecular complexity index is 885. The minimum atomic E-state index is 0.580. The molecule has 0 unspecified atom stereocenters. The fraction of sp³-hybridized carbons (Fsp3) is 0.136. The van der Waals surface area contributed by atoms with Crippen LogP contribution in [0.4, 0.5) is 11.4 Å². The highest BCUT2D eigenvalue weighted by molar-refractivity contribution is 7.80. The number of benzene rings is 3. The van der Waals surface area contributed by atoms with E-state index in [-0.39, 0.29) is 0 Å². The molecule has 0 aliphatic heterocycles. The van der Waals surface area contributed by atoms with Crippen molar-refractivity contribution in [3.05, 3.63) is 84.4 Å². The first-order valence-electron chi connectivity index (χ1n) is 8.61. The third-order valence-corrected chi connectivity index (χ3v) is 4.47. The van der Waals surface area contributed by atoms with E-state index in [4.69, 9.17) is 21.7 Å². The van der Waals surface area contributed by atoms with Gasteiger partial charge >= 0.3 is 0 Å². The van der Waals surface area contributed by atoms with Crippen LogP contribution in [-0.4, -0.2) is 19.3 Å². The van der Waals surface area contributed by atoms with Gasteiger partial charge in [0.05, 0.1) is 26.5 Å². The highest BCUT2D eigenvalue weighted by Gasteiger charge is 2.15. The van der Waals surface area contributed by atoms with E-state index in [1.807, 2.05) is 66.7 Å². The van der Waals surface area contributed by atoms with Gasteiger partial charge in [-0.05, 0) is 42.0 Å². The summed E-state index contributed by atoms with van der Waals surface area (Å²) in [4.78, 5) is 2.06. The third kappa shape index (κ3) is 4.77. The predicted molar refractivity (Wildman–Crippen MR) is 115 cm³/mol. The maximum absolute atomic E-state index is 5.74. The second-order valence-electron chi connectivity index (χ2n) is 5.90. The van der Waals surface area contributed by atoms with Crippen LogP contribution in [0.25, 0.3) is 0 Å². The SMILES string of the molecule is COc1ccc(OC)c(NC(=S)N(Cc2ccccc2)c2ccccc2)c1. The van der Waals surface area contributed by atoms with Gasteiger partial charge in [0.25, 0.3) is 0 Å². The van der Waals surface area contributed by atoms with Crippen LogP contribution in [0.3, 0.4) is 0 Å². The van der Waals surface area contributed by atoms with Crippen molar-refractivity contribution < 1.29 is 9.47 Å². The number of rotatable bonds is 6. The van der Waals surface area contributed by atoms with Crippen LogP contribution < -0.4 is 19.7 Å². The molecular weight excluding hydrogens is 356 g/mol. The molecule has 0 bridgehead atoms. The molecule has 0 heterocycles. The molecule has 4 nitrogen and oxygen atoms in total. The largest absolute Gasteiger partial charge is 0.497 e. The summed E-state index contributed by atoms with van der Waals surface area (Å²) in [5.74, 6) is 1.43. The molecule has 0 aromatic heterocycles. The fourth-order valence-electron chi connectivity index (χ4n) is 2.75. The van der Waals surface area contributed by atoms with Crippen molar-refractivity contribution in [2.45, 2.75) is 6.54 Å². The highest BCUT2D eigenvalue weighted by Crippen LogP contribution is 2.30. The summed E-state index contributed by atoms with van der Waals surface area (Å²) in [5, 5.41) is 3.89. The van der Waals surface area contributed by atoms with Gasteiger partial charge in [0.15, 0.2) is 5.11 Å². The molecule has 0 atom stereocenters. The molecule has 0 radical (unpaired) electrons. The summed E-state index contributed by atoms with van der Waals surface area (Å²) in [6.45, 7) is 0.656. The topological polar surface area (TPSA) is 33.7 Å². The number of nitrogens with one attached hydrogen (secondary N) is 1. The van der Waals surface area contributed by atoms with E-state index in [2.05, 4.69) is 22.3 Å². The number of ether oxygens (including phenoxy) is 2. The Hall–Kier alpha value is -3.05. The zero-order valence-corrected chi connectivity index (χ0v) is 16.2. The van der Waals surface area contributed by atoms with Gasteiger partial charge < -0.3 is 19.7 Å². The molecule has 138 valence electrons. The van der Waals surface area contributed by atoms with E-state index in [9.17, 15) is 0 Å². The summed E-state index contributed by atoms with van der Waals surface area (Å²) < 4.78 is 10.8. The standard InChI is InChI=1S/C22H22N2O2S/c1-25-19-13-14-21(26-2)20(15-19)23-22(27)24(18-11-7-4-8-12-18)16-17-9-5-3-6-10-17/h3-15H,16H2,1-2H3,(H,23,27). The zero-order chi connectivity index (χ0) is 19.1. The Balaban J connectivity index is 1.89. The van der Waals surface area contributed by atoms with Crippen molar-refractivity contribution in [1.29, 1.82) is 0 Å². The van der Waals surface area contributed by atoms with Crippen molar-refractivity contribution in [2.24, 2.45) is 0 Å². The lowest BCUT2D eigenvalue weighted by atomic mass is 10.2. The number of para-hydroxylation sites is 1. The number of hydrogen-bond acceptors (Lipinski definition) is 3. The first-order chi connectivity index (χ1) is 13.2. The van der Waals surface area contributed by atoms with Crippen LogP contribution in [0.5, 0.6) is 11.5 Å². The maximum atomic E-state index is 5.74. The summed E-state index contributed by atoms with van der Waals surface area (Å²) in [7, 11) is 3.27. The van der Waals surface area contributed by atoms with Crippen LogP contribution in [0.1, 0.15) is 5.56 Å².